The van der Waals surface area contributed by atoms with Gasteiger partial charge in [0.2, 0.25) is 12.7 Å². The van der Waals surface area contributed by atoms with Crippen molar-refractivity contribution < 1.29 is 23.8 Å². The minimum Gasteiger partial charge on any atom is -0.495 e. The Morgan fingerprint density at radius 3 is 2.80 bits per heavy atom. The van der Waals surface area contributed by atoms with Crippen molar-refractivity contribution >= 4 is 34.0 Å². The fourth-order valence-electron chi connectivity index (χ4n) is 2.93. The molecular formula is C21H19N3O5S. The van der Waals surface area contributed by atoms with E-state index in [1.807, 2.05) is 19.1 Å². The fourth-order valence-corrected chi connectivity index (χ4v) is 3.64. The second kappa shape index (κ2) is 8.42. The van der Waals surface area contributed by atoms with Crippen LogP contribution < -0.4 is 24.8 Å². The van der Waals surface area contributed by atoms with Gasteiger partial charge in [0.15, 0.2) is 16.6 Å². The van der Waals surface area contributed by atoms with E-state index >= 15 is 0 Å². The van der Waals surface area contributed by atoms with Crippen LogP contribution in [0, 0.1) is 6.92 Å². The number of methoxy groups -OCH3 is 1. The lowest BCUT2D eigenvalue weighted by atomic mass is 10.2. The largest absolute Gasteiger partial charge is 0.495 e. The van der Waals surface area contributed by atoms with Crippen molar-refractivity contribution in [1.82, 2.24) is 4.98 Å². The first-order valence-corrected chi connectivity index (χ1v) is 9.99. The molecule has 0 radical (unpaired) electrons. The molecule has 1 aliphatic heterocycles. The molecule has 0 saturated carbocycles. The van der Waals surface area contributed by atoms with Gasteiger partial charge in [-0.3, -0.25) is 14.9 Å². The average molecular weight is 425 g/mol. The maximum Gasteiger partial charge on any atom is 0.257 e. The Balaban J connectivity index is 1.38. The Labute approximate surface area is 176 Å². The molecule has 0 spiro atoms. The smallest absolute Gasteiger partial charge is 0.257 e. The summed E-state index contributed by atoms with van der Waals surface area (Å²) < 4.78 is 15.8. The van der Waals surface area contributed by atoms with Crippen LogP contribution in [-0.4, -0.2) is 30.7 Å². The predicted molar refractivity (Wildman–Crippen MR) is 113 cm³/mol. The first-order chi connectivity index (χ1) is 14.5. The van der Waals surface area contributed by atoms with Gasteiger partial charge in [-0.2, -0.15) is 0 Å². The van der Waals surface area contributed by atoms with Gasteiger partial charge >= 0.3 is 0 Å². The van der Waals surface area contributed by atoms with E-state index in [2.05, 4.69) is 15.6 Å². The van der Waals surface area contributed by atoms with Crippen molar-refractivity contribution in [3.8, 4) is 17.2 Å². The third kappa shape index (κ3) is 4.36. The van der Waals surface area contributed by atoms with Gasteiger partial charge in [0.05, 0.1) is 24.9 Å². The summed E-state index contributed by atoms with van der Waals surface area (Å²) in [5, 5.41) is 7.73. The van der Waals surface area contributed by atoms with Gasteiger partial charge in [0, 0.05) is 10.9 Å². The zero-order chi connectivity index (χ0) is 21.1. The van der Waals surface area contributed by atoms with Crippen molar-refractivity contribution in [1.29, 1.82) is 0 Å². The van der Waals surface area contributed by atoms with Gasteiger partial charge < -0.3 is 19.5 Å². The number of nitrogens with one attached hydrogen (secondary N) is 2. The van der Waals surface area contributed by atoms with E-state index in [4.69, 9.17) is 14.2 Å². The van der Waals surface area contributed by atoms with Gasteiger partial charge in [0.25, 0.3) is 5.91 Å². The van der Waals surface area contributed by atoms with E-state index in [0.717, 1.165) is 5.56 Å². The monoisotopic (exact) mass is 425 g/mol. The van der Waals surface area contributed by atoms with Crippen LogP contribution in [0.3, 0.4) is 0 Å². The number of thiazole rings is 1. The van der Waals surface area contributed by atoms with Gasteiger partial charge in [0.1, 0.15) is 5.75 Å². The molecule has 1 aromatic heterocycles. The molecule has 9 heteroatoms. The van der Waals surface area contributed by atoms with E-state index in [0.29, 0.717) is 39.3 Å². The predicted octanol–water partition coefficient (Wildman–Crippen LogP) is 3.62. The van der Waals surface area contributed by atoms with Crippen molar-refractivity contribution in [2.75, 3.05) is 24.5 Å². The molecule has 154 valence electrons. The standard InChI is InChI=1S/C21H19N3O5S/c1-12-3-5-16(27-2)15(7-12)23-19(25)9-14-10-30-21(22-14)24-20(26)13-4-6-17-18(8-13)29-11-28-17/h3-8,10H,9,11H2,1-2H3,(H,23,25)(H,22,24,26). The van der Waals surface area contributed by atoms with Crippen molar-refractivity contribution in [3.63, 3.8) is 0 Å². The number of fused-ring (bicyclic) bond motifs is 1. The van der Waals surface area contributed by atoms with Gasteiger partial charge in [-0.05, 0) is 42.8 Å². The molecule has 4 rings (SSSR count). The highest BCUT2D eigenvalue weighted by atomic mass is 32.1. The number of hydrogen-bond donors (Lipinski definition) is 2. The second-order valence-corrected chi connectivity index (χ2v) is 7.45. The van der Waals surface area contributed by atoms with E-state index in [1.54, 1.807) is 36.8 Å². The minimum absolute atomic E-state index is 0.0769. The van der Waals surface area contributed by atoms with Gasteiger partial charge in [-0.25, -0.2) is 4.98 Å². The van der Waals surface area contributed by atoms with Crippen LogP contribution in [0.2, 0.25) is 0 Å². The zero-order valence-corrected chi connectivity index (χ0v) is 17.2. The van der Waals surface area contributed by atoms with Crippen LogP contribution >= 0.6 is 11.3 Å². The number of nitrogens with zero attached hydrogens (tertiary/aromatic N) is 1. The summed E-state index contributed by atoms with van der Waals surface area (Å²) >= 11 is 1.25. The summed E-state index contributed by atoms with van der Waals surface area (Å²) in [5.41, 5.74) is 2.60. The van der Waals surface area contributed by atoms with Crippen molar-refractivity contribution in [3.05, 3.63) is 58.6 Å². The molecule has 30 heavy (non-hydrogen) atoms. The van der Waals surface area contributed by atoms with Gasteiger partial charge in [-0.1, -0.05) is 6.07 Å². The molecule has 0 atom stereocenters. The lowest BCUT2D eigenvalue weighted by Crippen LogP contribution is -2.16. The minimum atomic E-state index is -0.317. The van der Waals surface area contributed by atoms with Gasteiger partial charge in [-0.15, -0.1) is 11.3 Å². The number of benzene rings is 2. The molecule has 1 aliphatic rings. The Kier molecular flexibility index (Phi) is 5.53. The number of anilines is 2. The highest BCUT2D eigenvalue weighted by molar-refractivity contribution is 7.14. The molecule has 0 fully saturated rings. The summed E-state index contributed by atoms with van der Waals surface area (Å²) in [6.07, 6.45) is 0.0769. The number of aromatic nitrogens is 1. The molecule has 2 heterocycles. The number of aryl methyl sites for hydroxylation is 1. The maximum atomic E-state index is 12.5. The van der Waals surface area contributed by atoms with Crippen molar-refractivity contribution in [2.45, 2.75) is 13.3 Å². The molecule has 2 N–H and O–H groups in total. The van der Waals surface area contributed by atoms with E-state index in [1.165, 1.54) is 11.3 Å². The van der Waals surface area contributed by atoms with E-state index < -0.39 is 0 Å². The normalized spacial score (nSPS) is 11.8. The number of hydrogen-bond acceptors (Lipinski definition) is 7. The first-order valence-electron chi connectivity index (χ1n) is 9.12. The lowest BCUT2D eigenvalue weighted by molar-refractivity contribution is -0.115. The first kappa shape index (κ1) is 19.7. The van der Waals surface area contributed by atoms with Crippen LogP contribution in [0.5, 0.6) is 17.2 Å². The number of carbonyl (C=O) groups excluding carboxylic acids is 2. The molecular weight excluding hydrogens is 406 g/mol. The third-order valence-corrected chi connectivity index (χ3v) is 5.18. The Bertz CT molecular complexity index is 1110. The van der Waals surface area contributed by atoms with Crippen LogP contribution in [0.25, 0.3) is 0 Å². The molecule has 0 aliphatic carbocycles. The molecule has 2 amide bonds. The summed E-state index contributed by atoms with van der Waals surface area (Å²) in [4.78, 5) is 29.2. The lowest BCUT2D eigenvalue weighted by Gasteiger charge is -2.10. The molecule has 2 aromatic carbocycles. The Hall–Kier alpha value is -3.59. The van der Waals surface area contributed by atoms with E-state index in [-0.39, 0.29) is 25.0 Å². The third-order valence-electron chi connectivity index (χ3n) is 4.38. The maximum absolute atomic E-state index is 12.5. The summed E-state index contributed by atoms with van der Waals surface area (Å²) in [6, 6.07) is 10.5. The molecule has 0 bridgehead atoms. The molecule has 0 saturated heterocycles. The number of rotatable bonds is 6. The number of carbonyl (C=O) groups is 2. The highest BCUT2D eigenvalue weighted by Crippen LogP contribution is 2.32. The Morgan fingerprint density at radius 1 is 1.13 bits per heavy atom. The Morgan fingerprint density at radius 2 is 1.97 bits per heavy atom. The number of ether oxygens (including phenoxy) is 3. The summed E-state index contributed by atoms with van der Waals surface area (Å²) in [5.74, 6) is 1.19. The second-order valence-electron chi connectivity index (χ2n) is 6.59. The van der Waals surface area contributed by atoms with Crippen LogP contribution in [-0.2, 0) is 11.2 Å². The summed E-state index contributed by atoms with van der Waals surface area (Å²) in [7, 11) is 1.55. The van der Waals surface area contributed by atoms with Crippen LogP contribution in [0.15, 0.2) is 41.8 Å². The average Bonchev–Trinajstić information content (AvgIpc) is 3.36. The topological polar surface area (TPSA) is 98.8 Å². The SMILES string of the molecule is COc1ccc(C)cc1NC(=O)Cc1csc(NC(=O)c2ccc3c(c2)OCO3)n1. The molecule has 3 aromatic rings. The van der Waals surface area contributed by atoms with Crippen LogP contribution in [0.1, 0.15) is 21.6 Å². The highest BCUT2D eigenvalue weighted by Gasteiger charge is 2.17. The molecule has 0 unspecified atom stereocenters. The van der Waals surface area contributed by atoms with Crippen LogP contribution in [0.4, 0.5) is 10.8 Å². The van der Waals surface area contributed by atoms with Crippen molar-refractivity contribution in [2.24, 2.45) is 0 Å². The number of amides is 2. The zero-order valence-electron chi connectivity index (χ0n) is 16.4. The quantitative estimate of drug-likeness (QED) is 0.626. The fraction of sp³-hybridized carbons (Fsp3) is 0.190. The molecule has 8 nitrogen and oxygen atoms in total. The van der Waals surface area contributed by atoms with E-state index in [9.17, 15) is 9.59 Å². The summed E-state index contributed by atoms with van der Waals surface area (Å²) in [6.45, 7) is 2.08.